The van der Waals surface area contributed by atoms with Crippen LogP contribution >= 0.6 is 0 Å². The van der Waals surface area contributed by atoms with E-state index in [-0.39, 0.29) is 10.8 Å². The lowest BCUT2D eigenvalue weighted by Crippen LogP contribution is -2.28. The van der Waals surface area contributed by atoms with Crippen LogP contribution in [0.1, 0.15) is 61.4 Å². The summed E-state index contributed by atoms with van der Waals surface area (Å²) >= 11 is 0. The Hall–Kier alpha value is -5.41. The average Bonchev–Trinajstić information content (AvgIpc) is 3.58. The van der Waals surface area contributed by atoms with E-state index < -0.39 is 0 Å². The van der Waals surface area contributed by atoms with Gasteiger partial charge in [-0.25, -0.2) is 15.0 Å². The van der Waals surface area contributed by atoms with Gasteiger partial charge in [0, 0.05) is 16.7 Å². The van der Waals surface area contributed by atoms with Crippen LogP contribution in [0.5, 0.6) is 0 Å². The van der Waals surface area contributed by atoms with Crippen molar-refractivity contribution in [2.24, 2.45) is 0 Å². The van der Waals surface area contributed by atoms with E-state index in [1.54, 1.807) is 0 Å². The lowest BCUT2D eigenvalue weighted by atomic mass is 9.67. The molecule has 0 bridgehead atoms. The van der Waals surface area contributed by atoms with Gasteiger partial charge in [-0.1, -0.05) is 148 Å². The molecule has 5 aromatic carbocycles. The first-order chi connectivity index (χ1) is 22.9. The minimum Gasteiger partial charge on any atom is -0.208 e. The standard InChI is InChI=1S/C44H35N3/c1-43(2,3)31-23-25-35-34-24-22-30(42-46-40(28-14-6-4-7-15-28)45-41(47-42)29-16-8-5-9-17-29)26-38(34)44(39(35)27-31)36-20-12-10-18-32(36)33-19-11-13-21-37(33)44/h4-12,14-20,22-27H,13,21H2,1-3H3. The summed E-state index contributed by atoms with van der Waals surface area (Å²) in [6.45, 7) is 6.94. The Kier molecular flexibility index (Phi) is 6.11. The normalized spacial score (nSPS) is 17.4. The monoisotopic (exact) mass is 605 g/mol. The maximum Gasteiger partial charge on any atom is 0.164 e. The number of hydrogen-bond acceptors (Lipinski definition) is 3. The highest BCUT2D eigenvalue weighted by Crippen LogP contribution is 2.64. The number of hydrogen-bond donors (Lipinski definition) is 0. The minimum atomic E-state index is -0.365. The Morgan fingerprint density at radius 1 is 0.532 bits per heavy atom. The van der Waals surface area contributed by atoms with Crippen LogP contribution in [-0.2, 0) is 10.8 Å². The molecule has 1 spiro atoms. The molecule has 0 aliphatic heterocycles. The molecule has 0 radical (unpaired) electrons. The molecule has 1 aromatic heterocycles. The van der Waals surface area contributed by atoms with Gasteiger partial charge in [-0.15, -0.1) is 0 Å². The molecule has 0 fully saturated rings. The number of fused-ring (bicyclic) bond motifs is 9. The van der Waals surface area contributed by atoms with Crippen LogP contribution in [0.3, 0.4) is 0 Å². The van der Waals surface area contributed by atoms with E-state index in [0.29, 0.717) is 17.5 Å². The quantitative estimate of drug-likeness (QED) is 0.201. The van der Waals surface area contributed by atoms with Crippen LogP contribution in [0.15, 0.2) is 139 Å². The van der Waals surface area contributed by atoms with Gasteiger partial charge >= 0.3 is 0 Å². The van der Waals surface area contributed by atoms with Crippen molar-refractivity contribution in [1.29, 1.82) is 0 Å². The lowest BCUT2D eigenvalue weighted by Gasteiger charge is -2.34. The first-order valence-electron chi connectivity index (χ1n) is 16.6. The molecule has 0 amide bonds. The van der Waals surface area contributed by atoms with E-state index in [1.165, 1.54) is 50.1 Å². The van der Waals surface area contributed by atoms with Crippen LogP contribution < -0.4 is 0 Å². The zero-order valence-electron chi connectivity index (χ0n) is 27.0. The Morgan fingerprint density at radius 2 is 1.11 bits per heavy atom. The van der Waals surface area contributed by atoms with Crippen LogP contribution in [-0.4, -0.2) is 15.0 Å². The maximum absolute atomic E-state index is 5.12. The highest BCUT2D eigenvalue weighted by molar-refractivity contribution is 5.97. The zero-order chi connectivity index (χ0) is 31.8. The highest BCUT2D eigenvalue weighted by atomic mass is 15.0. The van der Waals surface area contributed by atoms with E-state index in [1.807, 2.05) is 36.4 Å². The molecule has 47 heavy (non-hydrogen) atoms. The summed E-state index contributed by atoms with van der Waals surface area (Å²) in [5.74, 6) is 2.04. The molecule has 0 N–H and O–H groups in total. The van der Waals surface area contributed by atoms with Crippen LogP contribution in [0.25, 0.3) is 50.9 Å². The van der Waals surface area contributed by atoms with Gasteiger partial charge in [-0.3, -0.25) is 0 Å². The van der Waals surface area contributed by atoms with Gasteiger partial charge in [-0.05, 0) is 74.4 Å². The van der Waals surface area contributed by atoms with Crippen molar-refractivity contribution in [3.63, 3.8) is 0 Å². The number of rotatable bonds is 3. The molecular formula is C44H35N3. The number of benzene rings is 5. The summed E-state index contributed by atoms with van der Waals surface area (Å²) in [5.41, 5.74) is 14.9. The van der Waals surface area contributed by atoms with Gasteiger partial charge in [-0.2, -0.15) is 0 Å². The molecule has 0 saturated carbocycles. The van der Waals surface area contributed by atoms with E-state index in [2.05, 4.69) is 118 Å². The smallest absolute Gasteiger partial charge is 0.164 e. The first-order valence-corrected chi connectivity index (χ1v) is 16.6. The molecule has 1 heterocycles. The predicted octanol–water partition coefficient (Wildman–Crippen LogP) is 10.6. The summed E-state index contributed by atoms with van der Waals surface area (Å²) in [6, 6.07) is 43.6. The largest absolute Gasteiger partial charge is 0.208 e. The lowest BCUT2D eigenvalue weighted by molar-refractivity contribution is 0.587. The Bertz CT molecular complexity index is 2210. The van der Waals surface area contributed by atoms with Crippen molar-refractivity contribution >= 4 is 5.57 Å². The fourth-order valence-electron chi connectivity index (χ4n) is 8.00. The summed E-state index contributed by atoms with van der Waals surface area (Å²) in [6.07, 6.45) is 6.79. The molecule has 3 heteroatoms. The number of aromatic nitrogens is 3. The van der Waals surface area contributed by atoms with Crippen LogP contribution in [0, 0.1) is 0 Å². The fraction of sp³-hybridized carbons (Fsp3) is 0.159. The van der Waals surface area contributed by atoms with E-state index >= 15 is 0 Å². The summed E-state index contributed by atoms with van der Waals surface area (Å²) in [7, 11) is 0. The Morgan fingerprint density at radius 3 is 1.77 bits per heavy atom. The zero-order valence-corrected chi connectivity index (χ0v) is 27.0. The molecule has 3 aliphatic rings. The summed E-state index contributed by atoms with van der Waals surface area (Å²) < 4.78 is 0. The molecule has 3 nitrogen and oxygen atoms in total. The second-order valence-corrected chi connectivity index (χ2v) is 13.9. The second-order valence-electron chi connectivity index (χ2n) is 13.9. The third-order valence-corrected chi connectivity index (χ3v) is 10.2. The third-order valence-electron chi connectivity index (χ3n) is 10.2. The van der Waals surface area contributed by atoms with Gasteiger partial charge in [0.15, 0.2) is 17.5 Å². The van der Waals surface area contributed by atoms with Gasteiger partial charge < -0.3 is 0 Å². The Balaban J connectivity index is 1.32. The van der Waals surface area contributed by atoms with E-state index in [4.69, 9.17) is 15.0 Å². The van der Waals surface area contributed by atoms with Gasteiger partial charge in [0.05, 0.1) is 5.41 Å². The van der Waals surface area contributed by atoms with Crippen molar-refractivity contribution in [2.45, 2.75) is 44.4 Å². The molecule has 1 unspecified atom stereocenters. The summed E-state index contributed by atoms with van der Waals surface area (Å²) in [5, 5.41) is 0. The number of allylic oxidation sites excluding steroid dienone is 4. The van der Waals surface area contributed by atoms with Gasteiger partial charge in [0.25, 0.3) is 0 Å². The van der Waals surface area contributed by atoms with Crippen LogP contribution in [0.4, 0.5) is 0 Å². The summed E-state index contributed by atoms with van der Waals surface area (Å²) in [4.78, 5) is 15.2. The van der Waals surface area contributed by atoms with Gasteiger partial charge in [0.1, 0.15) is 0 Å². The van der Waals surface area contributed by atoms with Crippen molar-refractivity contribution in [3.05, 3.63) is 167 Å². The second kappa shape index (κ2) is 10.3. The molecule has 1 atom stereocenters. The predicted molar refractivity (Wildman–Crippen MR) is 192 cm³/mol. The van der Waals surface area contributed by atoms with Crippen molar-refractivity contribution in [1.82, 2.24) is 15.0 Å². The highest BCUT2D eigenvalue weighted by Gasteiger charge is 2.53. The average molecular weight is 606 g/mol. The van der Waals surface area contributed by atoms with E-state index in [9.17, 15) is 0 Å². The fourth-order valence-corrected chi connectivity index (χ4v) is 8.00. The molecular weight excluding hydrogens is 571 g/mol. The van der Waals surface area contributed by atoms with Crippen molar-refractivity contribution < 1.29 is 0 Å². The first kappa shape index (κ1) is 27.9. The van der Waals surface area contributed by atoms with Gasteiger partial charge in [0.2, 0.25) is 0 Å². The number of nitrogens with zero attached hydrogens (tertiary/aromatic N) is 3. The topological polar surface area (TPSA) is 38.7 Å². The molecule has 0 saturated heterocycles. The minimum absolute atomic E-state index is 0.0323. The third kappa shape index (κ3) is 4.16. The van der Waals surface area contributed by atoms with E-state index in [0.717, 1.165) is 29.5 Å². The SMILES string of the molecule is CC(C)(C)c1ccc2c(c1)C1(C3=C(C=CCC3)c3ccccc31)c1cc(-c3nc(-c4ccccc4)nc(-c4ccccc4)n3)ccc1-2. The Labute approximate surface area is 276 Å². The maximum atomic E-state index is 5.12. The van der Waals surface area contributed by atoms with Crippen molar-refractivity contribution in [2.75, 3.05) is 0 Å². The molecule has 3 aliphatic carbocycles. The van der Waals surface area contributed by atoms with Crippen molar-refractivity contribution in [3.8, 4) is 45.3 Å². The molecule has 226 valence electrons. The van der Waals surface area contributed by atoms with Crippen LogP contribution in [0.2, 0.25) is 0 Å². The molecule has 9 rings (SSSR count). The molecule has 6 aromatic rings.